The molecule has 2 nitrogen and oxygen atoms in total. The molecule has 0 aliphatic heterocycles. The van der Waals surface area contributed by atoms with Gasteiger partial charge in [-0.25, -0.2) is 0 Å². The van der Waals surface area contributed by atoms with E-state index >= 15 is 0 Å². The fraction of sp³-hybridized carbons (Fsp3) is 0.455. The Morgan fingerprint density at radius 3 is 2.31 bits per heavy atom. The van der Waals surface area contributed by atoms with Gasteiger partial charge in [-0.05, 0) is 30.0 Å². The van der Waals surface area contributed by atoms with Gasteiger partial charge in [-0.2, -0.15) is 0 Å². The first-order valence-electron chi connectivity index (χ1n) is 4.64. The Hall–Kier alpha value is -1.02. The molecule has 0 aliphatic carbocycles. The number of aryl methyl sites for hydroxylation is 1. The Morgan fingerprint density at radius 1 is 1.23 bits per heavy atom. The van der Waals surface area contributed by atoms with Crippen molar-refractivity contribution in [2.75, 3.05) is 5.73 Å². The van der Waals surface area contributed by atoms with Crippen molar-refractivity contribution in [2.24, 2.45) is 11.7 Å². The van der Waals surface area contributed by atoms with Crippen molar-refractivity contribution in [3.63, 3.8) is 0 Å². The van der Waals surface area contributed by atoms with E-state index in [1.807, 2.05) is 19.1 Å². The molecule has 72 valence electrons. The molecule has 0 saturated carbocycles. The topological polar surface area (TPSA) is 52.0 Å². The third-order valence-corrected chi connectivity index (χ3v) is 2.41. The molecule has 0 radical (unpaired) electrons. The van der Waals surface area contributed by atoms with Crippen LogP contribution in [-0.4, -0.2) is 0 Å². The van der Waals surface area contributed by atoms with Gasteiger partial charge in [0.25, 0.3) is 0 Å². The second kappa shape index (κ2) is 3.79. The van der Waals surface area contributed by atoms with Gasteiger partial charge in [0.2, 0.25) is 0 Å². The van der Waals surface area contributed by atoms with Gasteiger partial charge in [-0.1, -0.05) is 26.0 Å². The van der Waals surface area contributed by atoms with Crippen LogP contribution in [0, 0.1) is 12.8 Å². The van der Waals surface area contributed by atoms with E-state index in [2.05, 4.69) is 19.9 Å². The molecule has 0 aliphatic rings. The SMILES string of the molecule is Cc1ccc([C@@H](N)C(C)C)cc1N. The van der Waals surface area contributed by atoms with Crippen LogP contribution in [0.4, 0.5) is 5.69 Å². The quantitative estimate of drug-likeness (QED) is 0.682. The lowest BCUT2D eigenvalue weighted by Crippen LogP contribution is -2.16. The van der Waals surface area contributed by atoms with Crippen LogP contribution in [0.25, 0.3) is 0 Å². The number of hydrogen-bond acceptors (Lipinski definition) is 2. The highest BCUT2D eigenvalue weighted by atomic mass is 14.6. The summed E-state index contributed by atoms with van der Waals surface area (Å²) in [5, 5.41) is 0. The number of benzene rings is 1. The molecule has 4 N–H and O–H groups in total. The van der Waals surface area contributed by atoms with E-state index in [-0.39, 0.29) is 6.04 Å². The van der Waals surface area contributed by atoms with Crippen molar-refractivity contribution < 1.29 is 0 Å². The summed E-state index contributed by atoms with van der Waals surface area (Å²) in [4.78, 5) is 0. The first-order chi connectivity index (χ1) is 6.02. The molecule has 0 aromatic heterocycles. The predicted octanol–water partition coefficient (Wildman–Crippen LogP) is 2.23. The average molecular weight is 178 g/mol. The van der Waals surface area contributed by atoms with Crippen molar-refractivity contribution in [1.82, 2.24) is 0 Å². The molecule has 0 amide bonds. The van der Waals surface area contributed by atoms with E-state index in [4.69, 9.17) is 11.5 Å². The van der Waals surface area contributed by atoms with Crippen molar-refractivity contribution >= 4 is 5.69 Å². The van der Waals surface area contributed by atoms with Gasteiger partial charge < -0.3 is 11.5 Å². The van der Waals surface area contributed by atoms with E-state index in [1.54, 1.807) is 0 Å². The number of rotatable bonds is 2. The molecule has 0 spiro atoms. The molecule has 0 saturated heterocycles. The fourth-order valence-electron chi connectivity index (χ4n) is 1.25. The number of anilines is 1. The average Bonchev–Trinajstić information content (AvgIpc) is 2.08. The summed E-state index contributed by atoms with van der Waals surface area (Å²) in [6.45, 7) is 6.22. The van der Waals surface area contributed by atoms with Crippen LogP contribution in [0.2, 0.25) is 0 Å². The molecule has 1 aromatic rings. The van der Waals surface area contributed by atoms with Gasteiger partial charge in [-0.3, -0.25) is 0 Å². The highest BCUT2D eigenvalue weighted by Gasteiger charge is 2.10. The van der Waals surface area contributed by atoms with E-state index in [1.165, 1.54) is 0 Å². The summed E-state index contributed by atoms with van der Waals surface area (Å²) < 4.78 is 0. The zero-order chi connectivity index (χ0) is 10.0. The minimum Gasteiger partial charge on any atom is -0.399 e. The summed E-state index contributed by atoms with van der Waals surface area (Å²) in [6, 6.07) is 6.13. The number of nitrogens with two attached hydrogens (primary N) is 2. The van der Waals surface area contributed by atoms with Crippen molar-refractivity contribution in [3.8, 4) is 0 Å². The molecular weight excluding hydrogens is 160 g/mol. The van der Waals surface area contributed by atoms with Gasteiger partial charge in [0.15, 0.2) is 0 Å². The fourth-order valence-corrected chi connectivity index (χ4v) is 1.25. The lowest BCUT2D eigenvalue weighted by atomic mass is 9.96. The van der Waals surface area contributed by atoms with Gasteiger partial charge in [0.05, 0.1) is 0 Å². The van der Waals surface area contributed by atoms with Gasteiger partial charge in [-0.15, -0.1) is 0 Å². The minimum absolute atomic E-state index is 0.0860. The Balaban J connectivity index is 2.97. The van der Waals surface area contributed by atoms with E-state index < -0.39 is 0 Å². The molecule has 1 atom stereocenters. The molecule has 0 heterocycles. The zero-order valence-electron chi connectivity index (χ0n) is 8.54. The molecule has 13 heavy (non-hydrogen) atoms. The summed E-state index contributed by atoms with van der Waals surface area (Å²) in [5.74, 6) is 0.446. The number of hydrogen-bond donors (Lipinski definition) is 2. The molecule has 0 fully saturated rings. The van der Waals surface area contributed by atoms with Gasteiger partial charge in [0.1, 0.15) is 0 Å². The van der Waals surface area contributed by atoms with E-state index in [0.717, 1.165) is 16.8 Å². The van der Waals surface area contributed by atoms with Crippen LogP contribution in [0.3, 0.4) is 0 Å². The normalized spacial score (nSPS) is 13.3. The predicted molar refractivity (Wildman–Crippen MR) is 57.4 cm³/mol. The maximum absolute atomic E-state index is 6.00. The summed E-state index contributed by atoms with van der Waals surface area (Å²) >= 11 is 0. The first-order valence-corrected chi connectivity index (χ1v) is 4.64. The summed E-state index contributed by atoms with van der Waals surface area (Å²) in [5.41, 5.74) is 14.9. The van der Waals surface area contributed by atoms with Crippen molar-refractivity contribution in [3.05, 3.63) is 29.3 Å². The van der Waals surface area contributed by atoms with Gasteiger partial charge >= 0.3 is 0 Å². The van der Waals surface area contributed by atoms with Gasteiger partial charge in [0, 0.05) is 11.7 Å². The second-order valence-corrected chi connectivity index (χ2v) is 3.89. The van der Waals surface area contributed by atoms with Crippen molar-refractivity contribution in [1.29, 1.82) is 0 Å². The minimum atomic E-state index is 0.0860. The second-order valence-electron chi connectivity index (χ2n) is 3.89. The first kappa shape index (κ1) is 10.1. The Bertz CT molecular complexity index is 292. The van der Waals surface area contributed by atoms with E-state index in [9.17, 15) is 0 Å². The standard InChI is InChI=1S/C11H18N2/c1-7(2)11(13)9-5-4-8(3)10(12)6-9/h4-7,11H,12-13H2,1-3H3/t11-/m0/s1. The summed E-state index contributed by atoms with van der Waals surface area (Å²) in [7, 11) is 0. The maximum Gasteiger partial charge on any atom is 0.0347 e. The van der Waals surface area contributed by atoms with Crippen LogP contribution in [0.15, 0.2) is 18.2 Å². The Labute approximate surface area is 79.9 Å². The monoisotopic (exact) mass is 178 g/mol. The van der Waals surface area contributed by atoms with Crippen LogP contribution in [0.5, 0.6) is 0 Å². The van der Waals surface area contributed by atoms with Crippen LogP contribution in [0.1, 0.15) is 31.0 Å². The third kappa shape index (κ3) is 2.22. The third-order valence-electron chi connectivity index (χ3n) is 2.41. The smallest absolute Gasteiger partial charge is 0.0347 e. The maximum atomic E-state index is 6.00. The largest absolute Gasteiger partial charge is 0.399 e. The molecular formula is C11H18N2. The lowest BCUT2D eigenvalue weighted by Gasteiger charge is -2.16. The van der Waals surface area contributed by atoms with Crippen LogP contribution < -0.4 is 11.5 Å². The number of nitrogen functional groups attached to an aromatic ring is 1. The van der Waals surface area contributed by atoms with Crippen molar-refractivity contribution in [2.45, 2.75) is 26.8 Å². The Kier molecular flexibility index (Phi) is 2.94. The molecule has 0 unspecified atom stereocenters. The molecule has 0 bridgehead atoms. The van der Waals surface area contributed by atoms with Crippen LogP contribution in [-0.2, 0) is 0 Å². The van der Waals surface area contributed by atoms with Crippen LogP contribution >= 0.6 is 0 Å². The summed E-state index contributed by atoms with van der Waals surface area (Å²) in [6.07, 6.45) is 0. The highest BCUT2D eigenvalue weighted by Crippen LogP contribution is 2.22. The highest BCUT2D eigenvalue weighted by molar-refractivity contribution is 5.49. The van der Waals surface area contributed by atoms with E-state index in [0.29, 0.717) is 5.92 Å². The molecule has 1 rings (SSSR count). The molecule has 2 heteroatoms. The lowest BCUT2D eigenvalue weighted by molar-refractivity contribution is 0.514. The molecule has 1 aromatic carbocycles. The zero-order valence-corrected chi connectivity index (χ0v) is 8.54. The Morgan fingerprint density at radius 2 is 1.85 bits per heavy atom.